The number of aliphatic hydroxyl groups excluding tert-OH is 1. The third-order valence-electron chi connectivity index (χ3n) is 5.33. The van der Waals surface area contributed by atoms with Gasteiger partial charge in [-0.15, -0.1) is 0 Å². The van der Waals surface area contributed by atoms with E-state index in [0.717, 1.165) is 42.1 Å². The fraction of sp³-hybridized carbons (Fsp3) is 0.400. The highest BCUT2D eigenvalue weighted by Crippen LogP contribution is 2.33. The van der Waals surface area contributed by atoms with Crippen LogP contribution in [-0.4, -0.2) is 46.1 Å². The largest absolute Gasteiger partial charge is 0.497 e. The number of nitrogens with zero attached hydrogens (tertiary/aromatic N) is 3. The third kappa shape index (κ3) is 6.03. The van der Waals surface area contributed by atoms with Crippen molar-refractivity contribution >= 4 is 11.6 Å². The van der Waals surface area contributed by atoms with E-state index in [1.54, 1.807) is 11.8 Å². The third-order valence-corrected chi connectivity index (χ3v) is 5.56. The molecule has 3 rings (SSSR count). The van der Waals surface area contributed by atoms with E-state index in [1.165, 1.54) is 0 Å². The molecular formula is C25H32ClN3O3. The van der Waals surface area contributed by atoms with Crippen molar-refractivity contribution in [3.63, 3.8) is 0 Å². The predicted molar refractivity (Wildman–Crippen MR) is 128 cm³/mol. The average molecular weight is 458 g/mol. The minimum atomic E-state index is -0.365. The fourth-order valence-electron chi connectivity index (χ4n) is 3.57. The van der Waals surface area contributed by atoms with Crippen LogP contribution < -0.4 is 9.47 Å². The number of aromatic nitrogens is 2. The van der Waals surface area contributed by atoms with Gasteiger partial charge in [-0.05, 0) is 68.8 Å². The zero-order valence-electron chi connectivity index (χ0n) is 19.2. The standard InChI is InChI=1S/C25H32ClN3O3/c1-5-14-28(16-21(30)6-2)17-24-18(3)27-29(20-9-7-8-19(26)15-20)25(24)32-23-12-10-22(31-4)11-13-23/h7-13,15,21,30H,5-6,14,16-17H2,1-4H3. The Morgan fingerprint density at radius 2 is 1.84 bits per heavy atom. The number of hydrogen-bond donors (Lipinski definition) is 1. The summed E-state index contributed by atoms with van der Waals surface area (Å²) in [4.78, 5) is 2.25. The lowest BCUT2D eigenvalue weighted by molar-refractivity contribution is 0.105. The van der Waals surface area contributed by atoms with Crippen LogP contribution in [0.5, 0.6) is 17.4 Å². The monoisotopic (exact) mass is 457 g/mol. The van der Waals surface area contributed by atoms with E-state index in [-0.39, 0.29) is 6.10 Å². The Labute approximate surface area is 195 Å². The van der Waals surface area contributed by atoms with Crippen LogP contribution in [0.4, 0.5) is 0 Å². The van der Waals surface area contributed by atoms with Crippen LogP contribution >= 0.6 is 11.6 Å². The van der Waals surface area contributed by atoms with Crippen LogP contribution in [-0.2, 0) is 6.54 Å². The molecule has 1 atom stereocenters. The van der Waals surface area contributed by atoms with Crippen molar-refractivity contribution in [1.82, 2.24) is 14.7 Å². The summed E-state index contributed by atoms with van der Waals surface area (Å²) in [5, 5.41) is 15.7. The highest BCUT2D eigenvalue weighted by atomic mass is 35.5. The van der Waals surface area contributed by atoms with Crippen molar-refractivity contribution in [2.75, 3.05) is 20.2 Å². The van der Waals surface area contributed by atoms with Gasteiger partial charge in [0.2, 0.25) is 5.88 Å². The summed E-state index contributed by atoms with van der Waals surface area (Å²) in [6.45, 7) is 8.23. The molecule has 0 aliphatic heterocycles. The molecule has 0 aliphatic carbocycles. The van der Waals surface area contributed by atoms with Gasteiger partial charge in [0.1, 0.15) is 11.5 Å². The van der Waals surface area contributed by atoms with E-state index in [9.17, 15) is 5.11 Å². The molecule has 32 heavy (non-hydrogen) atoms. The second-order valence-corrected chi connectivity index (χ2v) is 8.27. The number of ether oxygens (including phenoxy) is 2. The first-order valence-corrected chi connectivity index (χ1v) is 11.4. The number of aryl methyl sites for hydroxylation is 1. The first kappa shape index (κ1) is 24.1. The molecule has 0 spiro atoms. The van der Waals surface area contributed by atoms with Gasteiger partial charge in [0, 0.05) is 18.1 Å². The molecule has 2 aromatic carbocycles. The maximum Gasteiger partial charge on any atom is 0.227 e. The van der Waals surface area contributed by atoms with Crippen LogP contribution in [0.25, 0.3) is 5.69 Å². The smallest absolute Gasteiger partial charge is 0.227 e. The Bertz CT molecular complexity index is 1000. The summed E-state index contributed by atoms with van der Waals surface area (Å²) in [6.07, 6.45) is 1.35. The first-order valence-electron chi connectivity index (χ1n) is 11.0. The molecule has 1 heterocycles. The van der Waals surface area contributed by atoms with Gasteiger partial charge < -0.3 is 14.6 Å². The number of benzene rings is 2. The zero-order valence-corrected chi connectivity index (χ0v) is 20.0. The molecule has 3 aromatic rings. The number of hydrogen-bond acceptors (Lipinski definition) is 5. The lowest BCUT2D eigenvalue weighted by Gasteiger charge is -2.24. The summed E-state index contributed by atoms with van der Waals surface area (Å²) in [5.74, 6) is 2.09. The summed E-state index contributed by atoms with van der Waals surface area (Å²) in [6, 6.07) is 15.0. The van der Waals surface area contributed by atoms with Gasteiger partial charge in [-0.2, -0.15) is 5.10 Å². The topological polar surface area (TPSA) is 59.8 Å². The maximum absolute atomic E-state index is 10.2. The minimum absolute atomic E-state index is 0.365. The van der Waals surface area contributed by atoms with Crippen LogP contribution in [0.1, 0.15) is 37.9 Å². The summed E-state index contributed by atoms with van der Waals surface area (Å²) >= 11 is 6.25. The number of aliphatic hydroxyl groups is 1. The molecular weight excluding hydrogens is 426 g/mol. The van der Waals surface area contributed by atoms with E-state index in [1.807, 2.05) is 62.4 Å². The lowest BCUT2D eigenvalue weighted by atomic mass is 10.2. The molecule has 0 saturated carbocycles. The van der Waals surface area contributed by atoms with Crippen molar-refractivity contribution in [3.05, 3.63) is 64.8 Å². The van der Waals surface area contributed by atoms with Gasteiger partial charge in [-0.3, -0.25) is 4.90 Å². The second-order valence-electron chi connectivity index (χ2n) is 7.84. The fourth-order valence-corrected chi connectivity index (χ4v) is 3.75. The molecule has 0 amide bonds. The van der Waals surface area contributed by atoms with Crippen LogP contribution in [0.2, 0.25) is 5.02 Å². The molecule has 1 unspecified atom stereocenters. The molecule has 0 radical (unpaired) electrons. The van der Waals surface area contributed by atoms with Gasteiger partial charge in [-0.25, -0.2) is 4.68 Å². The quantitative estimate of drug-likeness (QED) is 0.405. The van der Waals surface area contributed by atoms with E-state index in [2.05, 4.69) is 11.8 Å². The zero-order chi connectivity index (χ0) is 23.1. The molecule has 172 valence electrons. The van der Waals surface area contributed by atoms with Crippen molar-refractivity contribution in [2.24, 2.45) is 0 Å². The van der Waals surface area contributed by atoms with Crippen molar-refractivity contribution in [2.45, 2.75) is 46.3 Å². The van der Waals surface area contributed by atoms with E-state index in [0.29, 0.717) is 29.7 Å². The summed E-state index contributed by atoms with van der Waals surface area (Å²) in [7, 11) is 1.64. The molecule has 0 saturated heterocycles. The Morgan fingerprint density at radius 3 is 2.47 bits per heavy atom. The number of methoxy groups -OCH3 is 1. The summed E-state index contributed by atoms with van der Waals surface area (Å²) in [5.41, 5.74) is 2.68. The number of rotatable bonds is 11. The van der Waals surface area contributed by atoms with Gasteiger partial charge in [-0.1, -0.05) is 31.5 Å². The SMILES string of the molecule is CCCN(Cc1c(C)nn(-c2cccc(Cl)c2)c1Oc1ccc(OC)cc1)CC(O)CC. The maximum atomic E-state index is 10.2. The van der Waals surface area contributed by atoms with Crippen molar-refractivity contribution in [1.29, 1.82) is 0 Å². The Kier molecular flexibility index (Phi) is 8.56. The molecule has 7 heteroatoms. The van der Waals surface area contributed by atoms with Crippen LogP contribution in [0.3, 0.4) is 0 Å². The lowest BCUT2D eigenvalue weighted by Crippen LogP contribution is -2.32. The molecule has 1 N–H and O–H groups in total. The minimum Gasteiger partial charge on any atom is -0.497 e. The number of halogens is 1. The van der Waals surface area contributed by atoms with Gasteiger partial charge in [0.05, 0.1) is 30.2 Å². The van der Waals surface area contributed by atoms with E-state index in [4.69, 9.17) is 26.2 Å². The van der Waals surface area contributed by atoms with Gasteiger partial charge in [0.15, 0.2) is 0 Å². The molecule has 0 bridgehead atoms. The highest BCUT2D eigenvalue weighted by molar-refractivity contribution is 6.30. The second kappa shape index (κ2) is 11.4. The molecule has 6 nitrogen and oxygen atoms in total. The molecule has 0 fully saturated rings. The van der Waals surface area contributed by atoms with Gasteiger partial charge >= 0.3 is 0 Å². The first-order chi connectivity index (χ1) is 15.4. The van der Waals surface area contributed by atoms with Crippen molar-refractivity contribution in [3.8, 4) is 23.1 Å². The Hall–Kier alpha value is -2.54. The Morgan fingerprint density at radius 1 is 1.12 bits per heavy atom. The summed E-state index contributed by atoms with van der Waals surface area (Å²) < 4.78 is 13.4. The molecule has 0 aliphatic rings. The van der Waals surface area contributed by atoms with Crippen LogP contribution in [0.15, 0.2) is 48.5 Å². The van der Waals surface area contributed by atoms with E-state index < -0.39 is 0 Å². The Balaban J connectivity index is 2.02. The predicted octanol–water partition coefficient (Wildman–Crippen LogP) is 5.62. The van der Waals surface area contributed by atoms with E-state index >= 15 is 0 Å². The molecule has 1 aromatic heterocycles. The highest BCUT2D eigenvalue weighted by Gasteiger charge is 2.22. The van der Waals surface area contributed by atoms with Crippen LogP contribution in [0, 0.1) is 6.92 Å². The normalized spacial score (nSPS) is 12.2. The van der Waals surface area contributed by atoms with Gasteiger partial charge in [0.25, 0.3) is 0 Å². The van der Waals surface area contributed by atoms with Crippen molar-refractivity contribution < 1.29 is 14.6 Å². The average Bonchev–Trinajstić information content (AvgIpc) is 3.09.